The summed E-state index contributed by atoms with van der Waals surface area (Å²) in [5, 5.41) is 0.154. The summed E-state index contributed by atoms with van der Waals surface area (Å²) in [6, 6.07) is 10.1. The molecule has 0 aliphatic rings. The molecule has 1 aromatic heterocycles. The Kier molecular flexibility index (Phi) is 4.39. The van der Waals surface area contributed by atoms with Crippen LogP contribution in [0.3, 0.4) is 0 Å². The van der Waals surface area contributed by atoms with Gasteiger partial charge in [-0.25, -0.2) is 4.98 Å². The molecule has 0 N–H and O–H groups in total. The molecule has 0 spiro atoms. The molecule has 0 saturated heterocycles. The van der Waals surface area contributed by atoms with Crippen molar-refractivity contribution in [2.75, 3.05) is 0 Å². The van der Waals surface area contributed by atoms with Gasteiger partial charge in [-0.1, -0.05) is 53.5 Å². The molecule has 0 aliphatic carbocycles. The van der Waals surface area contributed by atoms with E-state index in [9.17, 15) is 4.79 Å². The van der Waals surface area contributed by atoms with Gasteiger partial charge < -0.3 is 4.57 Å². The lowest BCUT2D eigenvalue weighted by Crippen LogP contribution is -2.21. The van der Waals surface area contributed by atoms with Crippen LogP contribution in [-0.4, -0.2) is 9.55 Å². The quantitative estimate of drug-likeness (QED) is 0.863. The minimum atomic E-state index is -0.297. The van der Waals surface area contributed by atoms with Crippen molar-refractivity contribution in [2.24, 2.45) is 0 Å². The zero-order valence-electron chi connectivity index (χ0n) is 9.64. The van der Waals surface area contributed by atoms with Crippen LogP contribution in [0.15, 0.2) is 41.3 Å². The Morgan fingerprint density at radius 3 is 2.61 bits per heavy atom. The maximum Gasteiger partial charge on any atom is 0.288 e. The lowest BCUT2D eigenvalue weighted by Gasteiger charge is -2.06. The lowest BCUT2D eigenvalue weighted by atomic mass is 10.1. The third-order valence-electron chi connectivity index (χ3n) is 2.61. The second-order valence-electron chi connectivity index (χ2n) is 3.94. The van der Waals surface area contributed by atoms with Gasteiger partial charge in [0.15, 0.2) is 5.15 Å². The molecule has 1 heterocycles. The van der Waals surface area contributed by atoms with Gasteiger partial charge in [0.05, 0.1) is 0 Å². The van der Waals surface area contributed by atoms with Crippen LogP contribution in [0.5, 0.6) is 0 Å². The zero-order valence-corrected chi connectivity index (χ0v) is 11.2. The Bertz CT molecular complexity index is 581. The number of benzene rings is 1. The van der Waals surface area contributed by atoms with Crippen molar-refractivity contribution >= 4 is 23.2 Å². The summed E-state index contributed by atoms with van der Waals surface area (Å²) in [5.74, 6) is 0. The van der Waals surface area contributed by atoms with E-state index in [1.54, 1.807) is 0 Å². The molecule has 1 aromatic carbocycles. The van der Waals surface area contributed by atoms with Crippen LogP contribution in [0.1, 0.15) is 12.0 Å². The van der Waals surface area contributed by atoms with Crippen molar-refractivity contribution < 1.29 is 0 Å². The number of halogens is 2. The van der Waals surface area contributed by atoms with Crippen molar-refractivity contribution in [1.29, 1.82) is 0 Å². The highest BCUT2D eigenvalue weighted by molar-refractivity contribution is 6.32. The van der Waals surface area contributed by atoms with E-state index < -0.39 is 0 Å². The first-order valence-corrected chi connectivity index (χ1v) is 6.39. The van der Waals surface area contributed by atoms with Crippen LogP contribution in [0.2, 0.25) is 10.3 Å². The van der Waals surface area contributed by atoms with E-state index in [0.717, 1.165) is 12.8 Å². The smallest absolute Gasteiger partial charge is 0.288 e. The van der Waals surface area contributed by atoms with Crippen LogP contribution in [-0.2, 0) is 13.0 Å². The monoisotopic (exact) mass is 282 g/mol. The van der Waals surface area contributed by atoms with Crippen LogP contribution in [0.4, 0.5) is 0 Å². The van der Waals surface area contributed by atoms with Gasteiger partial charge in [-0.05, 0) is 18.4 Å². The average molecular weight is 283 g/mol. The van der Waals surface area contributed by atoms with Gasteiger partial charge in [-0.2, -0.15) is 0 Å². The zero-order chi connectivity index (χ0) is 13.0. The van der Waals surface area contributed by atoms with Crippen LogP contribution in [0.25, 0.3) is 0 Å². The summed E-state index contributed by atoms with van der Waals surface area (Å²) in [6.45, 7) is 0.579. The topological polar surface area (TPSA) is 34.9 Å². The summed E-state index contributed by atoms with van der Waals surface area (Å²) in [6.07, 6.45) is 3.27. The molecule has 2 rings (SSSR count). The molecule has 2 aromatic rings. The fraction of sp³-hybridized carbons (Fsp3) is 0.231. The normalized spacial score (nSPS) is 10.6. The third-order valence-corrected chi connectivity index (χ3v) is 3.04. The van der Waals surface area contributed by atoms with Gasteiger partial charge in [0, 0.05) is 12.7 Å². The number of aryl methyl sites for hydroxylation is 2. The highest BCUT2D eigenvalue weighted by atomic mass is 35.5. The summed E-state index contributed by atoms with van der Waals surface area (Å²) >= 11 is 11.4. The van der Waals surface area contributed by atoms with E-state index in [1.165, 1.54) is 16.3 Å². The van der Waals surface area contributed by atoms with Crippen molar-refractivity contribution in [3.63, 3.8) is 0 Å². The first-order valence-electron chi connectivity index (χ1n) is 5.63. The van der Waals surface area contributed by atoms with Crippen LogP contribution >= 0.6 is 23.2 Å². The van der Waals surface area contributed by atoms with Crippen molar-refractivity contribution in [3.05, 3.63) is 62.8 Å². The lowest BCUT2D eigenvalue weighted by molar-refractivity contribution is 0.618. The van der Waals surface area contributed by atoms with Crippen LogP contribution < -0.4 is 5.56 Å². The van der Waals surface area contributed by atoms with Crippen molar-refractivity contribution in [2.45, 2.75) is 19.4 Å². The molecule has 0 saturated carbocycles. The second kappa shape index (κ2) is 6.03. The summed E-state index contributed by atoms with van der Waals surface area (Å²) < 4.78 is 1.50. The van der Waals surface area contributed by atoms with E-state index in [4.69, 9.17) is 23.2 Å². The number of aromatic nitrogens is 2. The Balaban J connectivity index is 2.01. The molecule has 0 radical (unpaired) electrons. The van der Waals surface area contributed by atoms with Gasteiger partial charge in [0.1, 0.15) is 5.15 Å². The van der Waals surface area contributed by atoms with E-state index >= 15 is 0 Å². The number of hydrogen-bond acceptors (Lipinski definition) is 2. The van der Waals surface area contributed by atoms with Gasteiger partial charge in [0.2, 0.25) is 0 Å². The molecule has 0 fully saturated rings. The van der Waals surface area contributed by atoms with Crippen molar-refractivity contribution in [3.8, 4) is 0 Å². The molecule has 3 nitrogen and oxygen atoms in total. The molecular weight excluding hydrogens is 271 g/mol. The second-order valence-corrected chi connectivity index (χ2v) is 4.69. The first kappa shape index (κ1) is 13.1. The minimum Gasteiger partial charge on any atom is -0.310 e. The summed E-state index contributed by atoms with van der Waals surface area (Å²) in [5.41, 5.74) is 0.950. The Morgan fingerprint density at radius 2 is 1.89 bits per heavy atom. The summed E-state index contributed by atoms with van der Waals surface area (Å²) in [4.78, 5) is 15.4. The van der Waals surface area contributed by atoms with Gasteiger partial charge >= 0.3 is 0 Å². The van der Waals surface area contributed by atoms with Gasteiger partial charge in [-0.3, -0.25) is 4.79 Å². The fourth-order valence-corrected chi connectivity index (χ4v) is 2.19. The standard InChI is InChI=1S/C13H12Cl2N2O/c14-11-9-17(13(18)12(15)16-11)8-4-7-10-5-2-1-3-6-10/h1-3,5-6,9H,4,7-8H2. The van der Waals surface area contributed by atoms with Crippen LogP contribution in [0, 0.1) is 0 Å². The van der Waals surface area contributed by atoms with E-state index in [0.29, 0.717) is 6.54 Å². The predicted molar refractivity (Wildman–Crippen MR) is 73.3 cm³/mol. The maximum absolute atomic E-state index is 11.7. The molecule has 0 amide bonds. The molecule has 18 heavy (non-hydrogen) atoms. The van der Waals surface area contributed by atoms with E-state index in [2.05, 4.69) is 17.1 Å². The average Bonchev–Trinajstić information content (AvgIpc) is 2.36. The highest BCUT2D eigenvalue weighted by Crippen LogP contribution is 2.07. The molecule has 0 atom stereocenters. The molecule has 0 bridgehead atoms. The minimum absolute atomic E-state index is 0.0813. The Morgan fingerprint density at radius 1 is 1.17 bits per heavy atom. The molecule has 0 unspecified atom stereocenters. The summed E-state index contributed by atoms with van der Waals surface area (Å²) in [7, 11) is 0. The van der Waals surface area contributed by atoms with E-state index in [1.807, 2.05) is 18.2 Å². The Hall–Kier alpha value is -1.32. The largest absolute Gasteiger partial charge is 0.310 e. The van der Waals surface area contributed by atoms with Gasteiger partial charge in [-0.15, -0.1) is 0 Å². The fourth-order valence-electron chi connectivity index (χ4n) is 1.74. The number of hydrogen-bond donors (Lipinski definition) is 0. The Labute approximate surface area is 115 Å². The van der Waals surface area contributed by atoms with E-state index in [-0.39, 0.29) is 15.9 Å². The SMILES string of the molecule is O=c1c(Cl)nc(Cl)cn1CCCc1ccccc1. The first-order chi connectivity index (χ1) is 8.66. The predicted octanol–water partition coefficient (Wildman–Crippen LogP) is 3.18. The van der Waals surface area contributed by atoms with Gasteiger partial charge in [0.25, 0.3) is 5.56 Å². The molecule has 0 aliphatic heterocycles. The maximum atomic E-state index is 11.7. The van der Waals surface area contributed by atoms with Crippen molar-refractivity contribution in [1.82, 2.24) is 9.55 Å². The highest BCUT2D eigenvalue weighted by Gasteiger charge is 2.04. The number of nitrogens with zero attached hydrogens (tertiary/aromatic N) is 2. The third kappa shape index (κ3) is 3.34. The molecule has 94 valence electrons. The molecule has 5 heteroatoms. The molecular formula is C13H12Cl2N2O. The number of rotatable bonds is 4.